The monoisotopic (exact) mass is 278 g/mol. The summed E-state index contributed by atoms with van der Waals surface area (Å²) in [7, 11) is 0. The summed E-state index contributed by atoms with van der Waals surface area (Å²) in [6, 6.07) is 5.71. The first-order chi connectivity index (χ1) is 8.83. The van der Waals surface area contributed by atoms with Crippen LogP contribution in [-0.2, 0) is 9.53 Å². The number of anilines is 1. The van der Waals surface area contributed by atoms with E-state index in [1.54, 1.807) is 11.3 Å². The van der Waals surface area contributed by atoms with Crippen LogP contribution in [0.15, 0.2) is 18.2 Å². The van der Waals surface area contributed by atoms with Crippen LogP contribution in [0.2, 0.25) is 0 Å². The van der Waals surface area contributed by atoms with Crippen LogP contribution in [0.1, 0.15) is 25.8 Å². The Bertz CT molecular complexity index is 599. The van der Waals surface area contributed by atoms with E-state index in [0.29, 0.717) is 0 Å². The third kappa shape index (κ3) is 4.01. The van der Waals surface area contributed by atoms with E-state index < -0.39 is 0 Å². The van der Waals surface area contributed by atoms with Crippen molar-refractivity contribution in [3.05, 3.63) is 23.2 Å². The van der Waals surface area contributed by atoms with E-state index >= 15 is 0 Å². The second kappa shape index (κ2) is 5.27. The highest BCUT2D eigenvalue weighted by atomic mass is 32.1. The number of hydrogen-bond donors (Lipinski definition) is 1. The van der Waals surface area contributed by atoms with Crippen molar-refractivity contribution in [3.63, 3.8) is 0 Å². The zero-order valence-electron chi connectivity index (χ0n) is 11.6. The Kier molecular flexibility index (Phi) is 3.87. The van der Waals surface area contributed by atoms with Crippen LogP contribution in [0.5, 0.6) is 0 Å². The average molecular weight is 278 g/mol. The molecular weight excluding hydrogens is 260 g/mol. The van der Waals surface area contributed by atoms with Crippen molar-refractivity contribution >= 4 is 33.1 Å². The third-order valence-electron chi connectivity index (χ3n) is 2.42. The highest BCUT2D eigenvalue weighted by Crippen LogP contribution is 2.24. The molecule has 5 heteroatoms. The van der Waals surface area contributed by atoms with E-state index in [2.05, 4.69) is 10.3 Å². The van der Waals surface area contributed by atoms with E-state index in [1.807, 2.05) is 45.9 Å². The Labute approximate surface area is 116 Å². The normalized spacial score (nSPS) is 11.8. The maximum absolute atomic E-state index is 11.8. The lowest BCUT2D eigenvalue weighted by Crippen LogP contribution is -2.27. The molecule has 19 heavy (non-hydrogen) atoms. The van der Waals surface area contributed by atoms with Gasteiger partial charge in [0.2, 0.25) is 5.91 Å². The van der Waals surface area contributed by atoms with E-state index in [4.69, 9.17) is 4.74 Å². The van der Waals surface area contributed by atoms with Crippen LogP contribution in [0.4, 0.5) is 5.69 Å². The number of benzene rings is 1. The molecule has 0 aliphatic heterocycles. The first-order valence-corrected chi connectivity index (χ1v) is 6.96. The highest BCUT2D eigenvalue weighted by Gasteiger charge is 2.13. The quantitative estimate of drug-likeness (QED) is 0.936. The number of hydrogen-bond acceptors (Lipinski definition) is 4. The molecule has 4 nitrogen and oxygen atoms in total. The molecule has 0 spiro atoms. The molecule has 0 unspecified atom stereocenters. The number of carbonyl (C=O) groups excluding carboxylic acids is 1. The first-order valence-electron chi connectivity index (χ1n) is 6.14. The summed E-state index contributed by atoms with van der Waals surface area (Å²) in [5.41, 5.74) is 1.43. The van der Waals surface area contributed by atoms with Crippen molar-refractivity contribution in [2.75, 3.05) is 11.9 Å². The third-order valence-corrected chi connectivity index (χ3v) is 3.35. The number of aromatic nitrogens is 1. The van der Waals surface area contributed by atoms with Crippen molar-refractivity contribution in [2.24, 2.45) is 0 Å². The molecular formula is C14H18N2O2S. The summed E-state index contributed by atoms with van der Waals surface area (Å²) < 4.78 is 6.51. The van der Waals surface area contributed by atoms with Crippen molar-refractivity contribution in [3.8, 4) is 0 Å². The summed E-state index contributed by atoms with van der Waals surface area (Å²) in [5, 5.41) is 3.85. The molecule has 0 bridgehead atoms. The van der Waals surface area contributed by atoms with Crippen LogP contribution in [-0.4, -0.2) is 23.1 Å². The van der Waals surface area contributed by atoms with Gasteiger partial charge in [-0.05, 0) is 45.9 Å². The molecule has 1 aromatic heterocycles. The summed E-state index contributed by atoms with van der Waals surface area (Å²) in [4.78, 5) is 16.1. The Morgan fingerprint density at radius 1 is 1.42 bits per heavy atom. The predicted octanol–water partition coefficient (Wildman–Crippen LogP) is 3.36. The van der Waals surface area contributed by atoms with E-state index in [1.165, 1.54) is 0 Å². The smallest absolute Gasteiger partial charge is 0.250 e. The average Bonchev–Trinajstić information content (AvgIpc) is 2.65. The van der Waals surface area contributed by atoms with Gasteiger partial charge in [0.25, 0.3) is 0 Å². The Hall–Kier alpha value is -1.46. The minimum atomic E-state index is -0.309. The number of amides is 1. The largest absolute Gasteiger partial charge is 0.366 e. The fraction of sp³-hybridized carbons (Fsp3) is 0.429. The van der Waals surface area contributed by atoms with Gasteiger partial charge in [0.05, 0.1) is 20.8 Å². The number of nitrogens with zero attached hydrogens (tertiary/aromatic N) is 1. The second-order valence-electron chi connectivity index (χ2n) is 5.36. The fourth-order valence-corrected chi connectivity index (χ4v) is 2.46. The van der Waals surface area contributed by atoms with Crippen LogP contribution >= 0.6 is 11.3 Å². The molecule has 1 N–H and O–H groups in total. The highest BCUT2D eigenvalue weighted by molar-refractivity contribution is 7.18. The molecule has 0 atom stereocenters. The van der Waals surface area contributed by atoms with Crippen LogP contribution in [0.3, 0.4) is 0 Å². The van der Waals surface area contributed by atoms with Crippen molar-refractivity contribution in [2.45, 2.75) is 33.3 Å². The van der Waals surface area contributed by atoms with Crippen LogP contribution in [0, 0.1) is 6.92 Å². The number of fused-ring (bicyclic) bond motifs is 1. The van der Waals surface area contributed by atoms with Gasteiger partial charge in [-0.1, -0.05) is 0 Å². The molecule has 0 saturated carbocycles. The van der Waals surface area contributed by atoms with E-state index in [9.17, 15) is 4.79 Å². The Balaban J connectivity index is 2.02. The van der Waals surface area contributed by atoms with Crippen molar-refractivity contribution < 1.29 is 9.53 Å². The summed E-state index contributed by atoms with van der Waals surface area (Å²) in [6.07, 6.45) is 0. The summed E-state index contributed by atoms with van der Waals surface area (Å²) in [5.74, 6) is -0.143. The van der Waals surface area contributed by atoms with Gasteiger partial charge < -0.3 is 10.1 Å². The van der Waals surface area contributed by atoms with Gasteiger partial charge in [-0.3, -0.25) is 4.79 Å². The lowest BCUT2D eigenvalue weighted by molar-refractivity contribution is -0.125. The molecule has 1 amide bonds. The van der Waals surface area contributed by atoms with Crippen molar-refractivity contribution in [1.82, 2.24) is 4.98 Å². The van der Waals surface area contributed by atoms with Crippen LogP contribution in [0.25, 0.3) is 10.2 Å². The predicted molar refractivity (Wildman–Crippen MR) is 78.7 cm³/mol. The molecule has 0 saturated heterocycles. The Morgan fingerprint density at radius 2 is 2.16 bits per heavy atom. The van der Waals surface area contributed by atoms with Gasteiger partial charge in [0.1, 0.15) is 6.61 Å². The molecule has 1 aromatic carbocycles. The minimum absolute atomic E-state index is 0.0588. The maximum atomic E-state index is 11.8. The lowest BCUT2D eigenvalue weighted by atomic mass is 10.2. The molecule has 102 valence electrons. The fourth-order valence-electron chi connectivity index (χ4n) is 1.60. The number of aryl methyl sites for hydroxylation is 1. The molecule has 0 aliphatic carbocycles. The van der Waals surface area contributed by atoms with E-state index in [0.717, 1.165) is 20.9 Å². The topological polar surface area (TPSA) is 51.2 Å². The zero-order chi connectivity index (χ0) is 14.0. The van der Waals surface area contributed by atoms with Gasteiger partial charge in [0, 0.05) is 5.69 Å². The molecule has 2 aromatic rings. The number of rotatable bonds is 3. The van der Waals surface area contributed by atoms with E-state index in [-0.39, 0.29) is 18.1 Å². The molecule has 0 radical (unpaired) electrons. The summed E-state index contributed by atoms with van der Waals surface area (Å²) >= 11 is 1.62. The second-order valence-corrected chi connectivity index (χ2v) is 6.60. The zero-order valence-corrected chi connectivity index (χ0v) is 12.4. The standard InChI is InChI=1S/C14H18N2O2S/c1-9-15-11-6-5-10(7-12(11)19-9)16-13(17)8-18-14(2,3)4/h5-7H,8H2,1-4H3,(H,16,17). The van der Waals surface area contributed by atoms with Gasteiger partial charge >= 0.3 is 0 Å². The van der Waals surface area contributed by atoms with Gasteiger partial charge in [-0.25, -0.2) is 4.98 Å². The number of carbonyl (C=O) groups is 1. The SMILES string of the molecule is Cc1nc2ccc(NC(=O)COC(C)(C)C)cc2s1. The maximum Gasteiger partial charge on any atom is 0.250 e. The number of nitrogens with one attached hydrogen (secondary N) is 1. The van der Waals surface area contributed by atoms with Crippen molar-refractivity contribution in [1.29, 1.82) is 0 Å². The van der Waals surface area contributed by atoms with Gasteiger partial charge in [0.15, 0.2) is 0 Å². The number of ether oxygens (including phenoxy) is 1. The van der Waals surface area contributed by atoms with Gasteiger partial charge in [-0.2, -0.15) is 0 Å². The Morgan fingerprint density at radius 3 is 2.84 bits per heavy atom. The summed E-state index contributed by atoms with van der Waals surface area (Å²) in [6.45, 7) is 7.80. The van der Waals surface area contributed by atoms with Crippen LogP contribution < -0.4 is 5.32 Å². The molecule has 0 fully saturated rings. The first kappa shape index (κ1) is 14.0. The lowest BCUT2D eigenvalue weighted by Gasteiger charge is -2.18. The number of thiazole rings is 1. The molecule has 0 aliphatic rings. The van der Waals surface area contributed by atoms with Gasteiger partial charge in [-0.15, -0.1) is 11.3 Å². The minimum Gasteiger partial charge on any atom is -0.366 e. The molecule has 1 heterocycles. The molecule has 2 rings (SSSR count).